The van der Waals surface area contributed by atoms with Gasteiger partial charge in [-0.3, -0.25) is 0 Å². The normalized spacial score (nSPS) is 21.8. The molecule has 0 aliphatic heterocycles. The van der Waals surface area contributed by atoms with E-state index in [0.717, 1.165) is 12.8 Å². The van der Waals surface area contributed by atoms with E-state index in [1.165, 1.54) is 19.3 Å². The van der Waals surface area contributed by atoms with Crippen LogP contribution in [0.15, 0.2) is 0 Å². The Labute approximate surface area is 72.0 Å². The van der Waals surface area contributed by atoms with Crippen molar-refractivity contribution in [1.29, 1.82) is 0 Å². The molecular weight excluding hydrogens is 158 g/mol. The van der Waals surface area contributed by atoms with Crippen molar-refractivity contribution < 1.29 is 9.92 Å². The van der Waals surface area contributed by atoms with Crippen LogP contribution < -0.4 is 0 Å². The highest BCUT2D eigenvalue weighted by atomic mass is 17.0. The Morgan fingerprint density at radius 3 is 2.50 bits per heavy atom. The van der Waals surface area contributed by atoms with Crippen molar-refractivity contribution >= 4 is 0 Å². The van der Waals surface area contributed by atoms with E-state index in [9.17, 15) is 10.1 Å². The maximum atomic E-state index is 10.0. The van der Waals surface area contributed by atoms with Gasteiger partial charge in [0.2, 0.25) is 0 Å². The van der Waals surface area contributed by atoms with Crippen molar-refractivity contribution in [3.05, 3.63) is 10.1 Å². The van der Waals surface area contributed by atoms with E-state index in [1.54, 1.807) is 6.92 Å². The van der Waals surface area contributed by atoms with Crippen LogP contribution in [0.4, 0.5) is 0 Å². The molecule has 0 spiro atoms. The quantitative estimate of drug-likeness (QED) is 0.485. The fourth-order valence-corrected chi connectivity index (χ4v) is 1.83. The molecule has 1 rings (SSSR count). The maximum Gasteiger partial charge on any atom is 0.294 e. The predicted octanol–water partition coefficient (Wildman–Crippen LogP) is 2.16. The molecule has 1 unspecified atom stereocenters. The second-order valence-corrected chi connectivity index (χ2v) is 3.43. The van der Waals surface area contributed by atoms with E-state index in [4.69, 9.17) is 0 Å². The molecule has 0 saturated heterocycles. The summed E-state index contributed by atoms with van der Waals surface area (Å²) in [5.41, 5.74) is 0. The van der Waals surface area contributed by atoms with Gasteiger partial charge < -0.3 is 4.84 Å². The van der Waals surface area contributed by atoms with Gasteiger partial charge in [-0.25, -0.2) is 0 Å². The van der Waals surface area contributed by atoms with Gasteiger partial charge in [0.05, 0.1) is 0 Å². The molecule has 0 amide bonds. The summed E-state index contributed by atoms with van der Waals surface area (Å²) in [6.45, 7) is 1.79. The molecule has 0 aromatic rings. The zero-order valence-electron chi connectivity index (χ0n) is 7.36. The Balaban J connectivity index is 2.29. The average Bonchev–Trinajstić information content (AvgIpc) is 2.05. The molecular formula is C8H15NO3. The molecule has 0 heterocycles. The van der Waals surface area contributed by atoms with Crippen LogP contribution in [-0.2, 0) is 4.84 Å². The van der Waals surface area contributed by atoms with Crippen LogP contribution in [0.25, 0.3) is 0 Å². The molecule has 12 heavy (non-hydrogen) atoms. The number of hydrogen-bond donors (Lipinski definition) is 0. The van der Waals surface area contributed by atoms with Crippen LogP contribution in [0.1, 0.15) is 39.0 Å². The molecule has 0 aromatic heterocycles. The van der Waals surface area contributed by atoms with Gasteiger partial charge in [0, 0.05) is 0 Å². The van der Waals surface area contributed by atoms with Crippen LogP contribution in [0.3, 0.4) is 0 Å². The van der Waals surface area contributed by atoms with Gasteiger partial charge in [-0.05, 0) is 25.7 Å². The maximum absolute atomic E-state index is 10.0. The second kappa shape index (κ2) is 4.28. The first-order chi connectivity index (χ1) is 5.70. The van der Waals surface area contributed by atoms with E-state index < -0.39 is 5.09 Å². The van der Waals surface area contributed by atoms with Crippen molar-refractivity contribution in [2.24, 2.45) is 5.92 Å². The molecule has 0 N–H and O–H groups in total. The van der Waals surface area contributed by atoms with Crippen LogP contribution in [0.2, 0.25) is 0 Å². The number of nitrogens with zero attached hydrogens (tertiary/aromatic N) is 1. The molecule has 70 valence electrons. The third-order valence-corrected chi connectivity index (χ3v) is 2.57. The predicted molar refractivity (Wildman–Crippen MR) is 44.1 cm³/mol. The van der Waals surface area contributed by atoms with Gasteiger partial charge in [-0.1, -0.05) is 19.3 Å². The molecule has 0 bridgehead atoms. The fourth-order valence-electron chi connectivity index (χ4n) is 1.83. The van der Waals surface area contributed by atoms with Crippen molar-refractivity contribution in [2.75, 3.05) is 0 Å². The van der Waals surface area contributed by atoms with Crippen molar-refractivity contribution in [3.63, 3.8) is 0 Å². The van der Waals surface area contributed by atoms with Crippen molar-refractivity contribution in [1.82, 2.24) is 0 Å². The first kappa shape index (κ1) is 9.29. The van der Waals surface area contributed by atoms with Gasteiger partial charge in [0.15, 0.2) is 0 Å². The zero-order valence-corrected chi connectivity index (χ0v) is 7.36. The van der Waals surface area contributed by atoms with E-state index in [2.05, 4.69) is 4.84 Å². The monoisotopic (exact) mass is 173 g/mol. The molecule has 1 fully saturated rings. The summed E-state index contributed by atoms with van der Waals surface area (Å²) in [7, 11) is 0. The Bertz CT molecular complexity index is 154. The highest BCUT2D eigenvalue weighted by Crippen LogP contribution is 2.27. The molecule has 4 heteroatoms. The van der Waals surface area contributed by atoms with Crippen LogP contribution >= 0.6 is 0 Å². The van der Waals surface area contributed by atoms with Crippen LogP contribution in [0.5, 0.6) is 0 Å². The summed E-state index contributed by atoms with van der Waals surface area (Å²) < 4.78 is 0. The lowest BCUT2D eigenvalue weighted by atomic mass is 9.86. The lowest BCUT2D eigenvalue weighted by Crippen LogP contribution is -2.25. The molecule has 1 saturated carbocycles. The summed E-state index contributed by atoms with van der Waals surface area (Å²) in [6.07, 6.45) is 5.58. The molecule has 1 aliphatic rings. The van der Waals surface area contributed by atoms with Crippen LogP contribution in [0, 0.1) is 16.0 Å². The Hall–Kier alpha value is -0.800. The number of rotatable bonds is 3. The molecule has 4 nitrogen and oxygen atoms in total. The summed E-state index contributed by atoms with van der Waals surface area (Å²) >= 11 is 0. The minimum Gasteiger partial charge on any atom is -0.311 e. The second-order valence-electron chi connectivity index (χ2n) is 3.43. The van der Waals surface area contributed by atoms with Gasteiger partial charge in [-0.2, -0.15) is 0 Å². The third-order valence-electron chi connectivity index (χ3n) is 2.57. The van der Waals surface area contributed by atoms with Gasteiger partial charge >= 0.3 is 0 Å². The fraction of sp³-hybridized carbons (Fsp3) is 1.00. The smallest absolute Gasteiger partial charge is 0.294 e. The van der Waals surface area contributed by atoms with Gasteiger partial charge in [-0.15, -0.1) is 10.1 Å². The average molecular weight is 173 g/mol. The highest BCUT2D eigenvalue weighted by molar-refractivity contribution is 4.70. The lowest BCUT2D eigenvalue weighted by molar-refractivity contribution is -0.769. The largest absolute Gasteiger partial charge is 0.311 e. The summed E-state index contributed by atoms with van der Waals surface area (Å²) in [5.74, 6) is 0.393. The Morgan fingerprint density at radius 1 is 1.42 bits per heavy atom. The topological polar surface area (TPSA) is 52.4 Å². The Morgan fingerprint density at radius 2 is 2.00 bits per heavy atom. The van der Waals surface area contributed by atoms with Gasteiger partial charge in [0.1, 0.15) is 6.10 Å². The van der Waals surface area contributed by atoms with E-state index in [1.807, 2.05) is 0 Å². The van der Waals surface area contributed by atoms with Gasteiger partial charge in [0.25, 0.3) is 5.09 Å². The lowest BCUT2D eigenvalue weighted by Gasteiger charge is -2.25. The third kappa shape index (κ3) is 2.68. The van der Waals surface area contributed by atoms with Crippen LogP contribution in [-0.4, -0.2) is 11.2 Å². The molecule has 0 radical (unpaired) electrons. The summed E-state index contributed by atoms with van der Waals surface area (Å²) in [5, 5.41) is 9.35. The molecule has 1 atom stereocenters. The number of hydrogen-bond acceptors (Lipinski definition) is 3. The zero-order chi connectivity index (χ0) is 8.97. The molecule has 1 aliphatic carbocycles. The Kier molecular flexibility index (Phi) is 3.31. The SMILES string of the molecule is CC(O[N+](=O)[O-])C1CCCCC1. The first-order valence-corrected chi connectivity index (χ1v) is 4.51. The minimum atomic E-state index is -0.681. The van der Waals surface area contributed by atoms with E-state index >= 15 is 0 Å². The van der Waals surface area contributed by atoms with E-state index in [-0.39, 0.29) is 6.10 Å². The van der Waals surface area contributed by atoms with E-state index in [0.29, 0.717) is 5.92 Å². The van der Waals surface area contributed by atoms with Crippen molar-refractivity contribution in [3.8, 4) is 0 Å². The highest BCUT2D eigenvalue weighted by Gasteiger charge is 2.22. The summed E-state index contributed by atoms with van der Waals surface area (Å²) in [4.78, 5) is 14.5. The van der Waals surface area contributed by atoms with Crippen molar-refractivity contribution in [2.45, 2.75) is 45.1 Å². The molecule has 0 aromatic carbocycles. The summed E-state index contributed by atoms with van der Waals surface area (Å²) in [6, 6.07) is 0. The minimum absolute atomic E-state index is 0.222. The standard InChI is InChI=1S/C8H15NO3/c1-7(12-9(10)11)8-5-3-2-4-6-8/h7-8H,2-6H2,1H3. The first-order valence-electron chi connectivity index (χ1n) is 4.51.